The molecule has 3 rings (SSSR count). The molecule has 112 valence electrons. The van der Waals surface area contributed by atoms with Gasteiger partial charge in [0.15, 0.2) is 10.8 Å². The van der Waals surface area contributed by atoms with E-state index in [1.165, 1.54) is 11.8 Å². The Morgan fingerprint density at radius 2 is 1.95 bits per heavy atom. The van der Waals surface area contributed by atoms with Gasteiger partial charge in [-0.15, -0.1) is 10.2 Å². The van der Waals surface area contributed by atoms with Crippen molar-refractivity contribution in [1.29, 1.82) is 0 Å². The van der Waals surface area contributed by atoms with Crippen molar-refractivity contribution >= 4 is 29.0 Å². The van der Waals surface area contributed by atoms with Gasteiger partial charge in [-0.05, 0) is 38.1 Å². The number of benzene rings is 1. The van der Waals surface area contributed by atoms with Gasteiger partial charge in [0.2, 0.25) is 5.91 Å². The van der Waals surface area contributed by atoms with Crippen molar-refractivity contribution in [3.63, 3.8) is 0 Å². The Morgan fingerprint density at radius 1 is 1.18 bits per heavy atom. The Hall–Kier alpha value is -2.34. The van der Waals surface area contributed by atoms with E-state index in [0.717, 1.165) is 16.9 Å². The predicted molar refractivity (Wildman–Crippen MR) is 88.1 cm³/mol. The summed E-state index contributed by atoms with van der Waals surface area (Å²) in [4.78, 5) is 12.3. The number of nitrogens with zero attached hydrogens (tertiary/aromatic N) is 3. The molecular formula is C16H16N4OS. The summed E-state index contributed by atoms with van der Waals surface area (Å²) < 4.78 is 1.88. The van der Waals surface area contributed by atoms with E-state index in [9.17, 15) is 4.79 Å². The van der Waals surface area contributed by atoms with E-state index in [1.807, 2.05) is 66.9 Å². The molecule has 0 bridgehead atoms. The first-order chi connectivity index (χ1) is 10.6. The van der Waals surface area contributed by atoms with Gasteiger partial charge in [0.1, 0.15) is 0 Å². The van der Waals surface area contributed by atoms with Gasteiger partial charge in [0.05, 0.1) is 5.25 Å². The number of pyridine rings is 1. The van der Waals surface area contributed by atoms with Crippen molar-refractivity contribution in [3.05, 3.63) is 54.2 Å². The molecule has 1 amide bonds. The zero-order valence-corrected chi connectivity index (χ0v) is 13.2. The number of aromatic nitrogens is 3. The number of hydrogen-bond donors (Lipinski definition) is 1. The van der Waals surface area contributed by atoms with Crippen LogP contribution in [0.15, 0.2) is 53.8 Å². The number of carbonyl (C=O) groups excluding carboxylic acids is 1. The molecule has 6 heteroatoms. The molecule has 0 spiro atoms. The Bertz CT molecular complexity index is 797. The van der Waals surface area contributed by atoms with Crippen molar-refractivity contribution in [1.82, 2.24) is 14.6 Å². The molecule has 1 aromatic carbocycles. The van der Waals surface area contributed by atoms with Crippen LogP contribution in [0, 0.1) is 6.92 Å². The molecule has 0 aliphatic heterocycles. The molecule has 3 aromatic rings. The zero-order valence-electron chi connectivity index (χ0n) is 12.4. The van der Waals surface area contributed by atoms with Crippen molar-refractivity contribution < 1.29 is 4.79 Å². The van der Waals surface area contributed by atoms with Crippen molar-refractivity contribution in [3.8, 4) is 0 Å². The fourth-order valence-corrected chi connectivity index (χ4v) is 2.83. The number of amides is 1. The molecule has 1 atom stereocenters. The van der Waals surface area contributed by atoms with E-state index in [2.05, 4.69) is 15.5 Å². The van der Waals surface area contributed by atoms with Crippen LogP contribution in [0.5, 0.6) is 0 Å². The van der Waals surface area contributed by atoms with Gasteiger partial charge in [0.25, 0.3) is 0 Å². The standard InChI is InChI=1S/C16H16N4OS/c1-11-6-8-13(9-7-11)17-15(21)12(2)22-16-19-18-14-5-3-4-10-20(14)16/h3-10,12H,1-2H3,(H,17,21)/t12-/m1/s1. The first-order valence-electron chi connectivity index (χ1n) is 6.97. The summed E-state index contributed by atoms with van der Waals surface area (Å²) in [5.74, 6) is -0.0541. The first-order valence-corrected chi connectivity index (χ1v) is 7.85. The SMILES string of the molecule is Cc1ccc(NC(=O)[C@@H](C)Sc2nnc3ccccn23)cc1. The minimum atomic E-state index is -0.270. The molecule has 0 aliphatic carbocycles. The van der Waals surface area contributed by atoms with E-state index in [4.69, 9.17) is 0 Å². The van der Waals surface area contributed by atoms with Gasteiger partial charge in [-0.3, -0.25) is 9.20 Å². The lowest BCUT2D eigenvalue weighted by Gasteiger charge is -2.11. The summed E-state index contributed by atoms with van der Waals surface area (Å²) in [7, 11) is 0. The monoisotopic (exact) mass is 312 g/mol. The lowest BCUT2D eigenvalue weighted by Crippen LogP contribution is -2.22. The smallest absolute Gasteiger partial charge is 0.237 e. The van der Waals surface area contributed by atoms with E-state index in [0.29, 0.717) is 5.16 Å². The van der Waals surface area contributed by atoms with Gasteiger partial charge in [0, 0.05) is 11.9 Å². The highest BCUT2D eigenvalue weighted by molar-refractivity contribution is 8.00. The summed E-state index contributed by atoms with van der Waals surface area (Å²) in [5, 5.41) is 11.6. The quantitative estimate of drug-likeness (QED) is 0.752. The number of rotatable bonds is 4. The maximum atomic E-state index is 12.3. The van der Waals surface area contributed by atoms with Gasteiger partial charge in [-0.1, -0.05) is 35.5 Å². The number of nitrogens with one attached hydrogen (secondary N) is 1. The van der Waals surface area contributed by atoms with Gasteiger partial charge < -0.3 is 5.32 Å². The Labute approximate surface area is 132 Å². The van der Waals surface area contributed by atoms with Crippen LogP contribution in [0.4, 0.5) is 5.69 Å². The van der Waals surface area contributed by atoms with Gasteiger partial charge in [-0.25, -0.2) is 0 Å². The van der Waals surface area contributed by atoms with E-state index in [1.54, 1.807) is 0 Å². The average molecular weight is 312 g/mol. The lowest BCUT2D eigenvalue weighted by molar-refractivity contribution is -0.115. The Morgan fingerprint density at radius 3 is 2.73 bits per heavy atom. The highest BCUT2D eigenvalue weighted by Crippen LogP contribution is 2.23. The Balaban J connectivity index is 1.69. The van der Waals surface area contributed by atoms with Crippen molar-refractivity contribution in [2.24, 2.45) is 0 Å². The van der Waals surface area contributed by atoms with Crippen LogP contribution in [0.25, 0.3) is 5.65 Å². The summed E-state index contributed by atoms with van der Waals surface area (Å²) in [6.45, 7) is 3.87. The minimum absolute atomic E-state index is 0.0541. The molecule has 2 heterocycles. The molecule has 5 nitrogen and oxygen atoms in total. The molecule has 0 saturated carbocycles. The third kappa shape index (κ3) is 3.12. The largest absolute Gasteiger partial charge is 0.325 e. The van der Waals surface area contributed by atoms with E-state index < -0.39 is 0 Å². The fraction of sp³-hybridized carbons (Fsp3) is 0.188. The second kappa shape index (κ2) is 6.19. The zero-order chi connectivity index (χ0) is 15.5. The molecule has 0 aliphatic rings. The maximum absolute atomic E-state index is 12.3. The van der Waals surface area contributed by atoms with Crippen LogP contribution in [0.2, 0.25) is 0 Å². The topological polar surface area (TPSA) is 59.3 Å². The number of carbonyl (C=O) groups is 1. The lowest BCUT2D eigenvalue weighted by atomic mass is 10.2. The summed E-state index contributed by atoms with van der Waals surface area (Å²) in [6.07, 6.45) is 1.89. The number of fused-ring (bicyclic) bond motifs is 1. The molecule has 2 aromatic heterocycles. The number of thioether (sulfide) groups is 1. The van der Waals surface area contributed by atoms with Crippen LogP contribution >= 0.6 is 11.8 Å². The molecule has 1 N–H and O–H groups in total. The highest BCUT2D eigenvalue weighted by Gasteiger charge is 2.17. The molecular weight excluding hydrogens is 296 g/mol. The number of hydrogen-bond acceptors (Lipinski definition) is 4. The molecule has 0 unspecified atom stereocenters. The van der Waals surface area contributed by atoms with Crippen LogP contribution in [-0.2, 0) is 4.79 Å². The third-order valence-corrected chi connectivity index (χ3v) is 4.31. The van der Waals surface area contributed by atoms with Crippen LogP contribution in [0.1, 0.15) is 12.5 Å². The van der Waals surface area contributed by atoms with Crippen LogP contribution < -0.4 is 5.32 Å². The summed E-state index contributed by atoms with van der Waals surface area (Å²) >= 11 is 1.39. The predicted octanol–water partition coefficient (Wildman–Crippen LogP) is 3.16. The number of aryl methyl sites for hydroxylation is 1. The molecule has 0 saturated heterocycles. The van der Waals surface area contributed by atoms with E-state index in [-0.39, 0.29) is 11.2 Å². The van der Waals surface area contributed by atoms with Crippen molar-refractivity contribution in [2.45, 2.75) is 24.3 Å². The van der Waals surface area contributed by atoms with Crippen molar-refractivity contribution in [2.75, 3.05) is 5.32 Å². The minimum Gasteiger partial charge on any atom is -0.325 e. The second-order valence-electron chi connectivity index (χ2n) is 5.03. The van der Waals surface area contributed by atoms with Crippen LogP contribution in [-0.4, -0.2) is 25.8 Å². The highest BCUT2D eigenvalue weighted by atomic mass is 32.2. The Kier molecular flexibility index (Phi) is 4.11. The van der Waals surface area contributed by atoms with Gasteiger partial charge in [-0.2, -0.15) is 0 Å². The third-order valence-electron chi connectivity index (χ3n) is 3.25. The van der Waals surface area contributed by atoms with E-state index >= 15 is 0 Å². The second-order valence-corrected chi connectivity index (χ2v) is 6.33. The first kappa shape index (κ1) is 14.6. The summed E-state index contributed by atoms with van der Waals surface area (Å²) in [6, 6.07) is 13.4. The average Bonchev–Trinajstić information content (AvgIpc) is 2.93. The summed E-state index contributed by atoms with van der Waals surface area (Å²) in [5.41, 5.74) is 2.74. The normalized spacial score (nSPS) is 12.3. The molecule has 0 fully saturated rings. The van der Waals surface area contributed by atoms with Crippen LogP contribution in [0.3, 0.4) is 0 Å². The van der Waals surface area contributed by atoms with Gasteiger partial charge >= 0.3 is 0 Å². The fourth-order valence-electron chi connectivity index (χ4n) is 1.99. The molecule has 0 radical (unpaired) electrons. The number of anilines is 1. The molecule has 22 heavy (non-hydrogen) atoms. The maximum Gasteiger partial charge on any atom is 0.237 e.